The second kappa shape index (κ2) is 5.67. The molecule has 2 rings (SSSR count). The van der Waals surface area contributed by atoms with Gasteiger partial charge >= 0.3 is 5.97 Å². The molecule has 1 atom stereocenters. The van der Waals surface area contributed by atoms with Gasteiger partial charge in [-0.1, -0.05) is 30.3 Å². The van der Waals surface area contributed by atoms with Crippen LogP contribution in [-0.2, 0) is 14.3 Å². The minimum absolute atomic E-state index is 0.105. The number of benzene rings is 1. The summed E-state index contributed by atoms with van der Waals surface area (Å²) in [6, 6.07) is 9.44. The molecule has 4 nitrogen and oxygen atoms in total. The predicted molar refractivity (Wildman–Crippen MR) is 66.8 cm³/mol. The van der Waals surface area contributed by atoms with Crippen molar-refractivity contribution in [1.82, 2.24) is 4.90 Å². The summed E-state index contributed by atoms with van der Waals surface area (Å²) >= 11 is 0. The van der Waals surface area contributed by atoms with Crippen LogP contribution in [0.4, 0.5) is 0 Å². The van der Waals surface area contributed by atoms with Gasteiger partial charge in [-0.2, -0.15) is 0 Å². The average Bonchev–Trinajstić information content (AvgIpc) is 2.37. The lowest BCUT2D eigenvalue weighted by molar-refractivity contribution is -0.149. The van der Waals surface area contributed by atoms with Gasteiger partial charge in [0.2, 0.25) is 5.91 Å². The number of β-lactam (4-membered cyclic amide) rings is 1. The molecule has 0 spiro atoms. The van der Waals surface area contributed by atoms with Crippen LogP contribution < -0.4 is 0 Å². The van der Waals surface area contributed by atoms with Crippen molar-refractivity contribution in [2.75, 3.05) is 13.2 Å². The predicted octanol–water partition coefficient (Wildman–Crippen LogP) is 1.91. The van der Waals surface area contributed by atoms with Crippen molar-refractivity contribution in [1.29, 1.82) is 0 Å². The van der Waals surface area contributed by atoms with Gasteiger partial charge in [-0.25, -0.2) is 0 Å². The highest BCUT2D eigenvalue weighted by atomic mass is 16.5. The van der Waals surface area contributed by atoms with E-state index < -0.39 is 0 Å². The molecule has 0 bridgehead atoms. The van der Waals surface area contributed by atoms with Crippen molar-refractivity contribution in [2.24, 2.45) is 0 Å². The Hall–Kier alpha value is -1.84. The number of likely N-dealkylation sites (tertiary alicyclic amines) is 1. The van der Waals surface area contributed by atoms with Crippen molar-refractivity contribution in [2.45, 2.75) is 25.8 Å². The van der Waals surface area contributed by atoms with E-state index in [4.69, 9.17) is 4.74 Å². The summed E-state index contributed by atoms with van der Waals surface area (Å²) in [6.45, 7) is 2.87. The second-order valence-electron chi connectivity index (χ2n) is 4.27. The number of esters is 1. The molecular weight excluding hydrogens is 230 g/mol. The lowest BCUT2D eigenvalue weighted by Gasteiger charge is -2.38. The molecule has 1 aliphatic rings. The second-order valence-corrected chi connectivity index (χ2v) is 4.27. The van der Waals surface area contributed by atoms with Crippen LogP contribution >= 0.6 is 0 Å². The van der Waals surface area contributed by atoms with Gasteiger partial charge in [-0.3, -0.25) is 9.59 Å². The maximum Gasteiger partial charge on any atom is 0.308 e. The van der Waals surface area contributed by atoms with Crippen LogP contribution in [0, 0.1) is 0 Å². The summed E-state index contributed by atoms with van der Waals surface area (Å²) in [5.41, 5.74) is 0.985. The topological polar surface area (TPSA) is 46.6 Å². The van der Waals surface area contributed by atoms with Gasteiger partial charge in [0, 0.05) is 13.0 Å². The van der Waals surface area contributed by atoms with Crippen LogP contribution in [0.5, 0.6) is 0 Å². The minimum atomic E-state index is -0.258. The van der Waals surface area contributed by atoms with E-state index in [1.54, 1.807) is 11.8 Å². The number of rotatable bonds is 5. The summed E-state index contributed by atoms with van der Waals surface area (Å²) in [5, 5.41) is 0. The van der Waals surface area contributed by atoms with E-state index in [1.165, 1.54) is 0 Å². The molecule has 0 saturated carbocycles. The Balaban J connectivity index is 2.13. The molecule has 0 radical (unpaired) electrons. The third-order valence-electron chi connectivity index (χ3n) is 3.11. The summed E-state index contributed by atoms with van der Waals surface area (Å²) < 4.78 is 4.97. The van der Waals surface area contributed by atoms with Gasteiger partial charge in [-0.05, 0) is 12.5 Å². The average molecular weight is 247 g/mol. The van der Waals surface area contributed by atoms with Crippen LogP contribution in [0.3, 0.4) is 0 Å². The van der Waals surface area contributed by atoms with Crippen molar-refractivity contribution in [3.8, 4) is 0 Å². The van der Waals surface area contributed by atoms with Crippen molar-refractivity contribution in [3.63, 3.8) is 0 Å². The van der Waals surface area contributed by atoms with Crippen molar-refractivity contribution in [3.05, 3.63) is 35.9 Å². The molecule has 1 aliphatic heterocycles. The maximum absolute atomic E-state index is 11.6. The highest BCUT2D eigenvalue weighted by molar-refractivity contribution is 5.83. The molecule has 1 fully saturated rings. The molecule has 1 saturated heterocycles. The first kappa shape index (κ1) is 12.6. The SMILES string of the molecule is CCOC(=O)C[C@H](c1ccccc1)N1CCC1=O. The molecule has 0 aromatic heterocycles. The molecule has 4 heteroatoms. The molecule has 1 aromatic carbocycles. The van der Waals surface area contributed by atoms with Crippen LogP contribution in [0.1, 0.15) is 31.4 Å². The van der Waals surface area contributed by atoms with Crippen LogP contribution in [0.2, 0.25) is 0 Å². The van der Waals surface area contributed by atoms with E-state index in [0.29, 0.717) is 13.0 Å². The highest BCUT2D eigenvalue weighted by Crippen LogP contribution is 2.29. The fourth-order valence-electron chi connectivity index (χ4n) is 2.12. The van der Waals surface area contributed by atoms with E-state index in [2.05, 4.69) is 0 Å². The van der Waals surface area contributed by atoms with Crippen LogP contribution in [-0.4, -0.2) is 29.9 Å². The fourth-order valence-corrected chi connectivity index (χ4v) is 2.12. The molecule has 96 valence electrons. The Morgan fingerprint density at radius 3 is 2.61 bits per heavy atom. The molecule has 0 N–H and O–H groups in total. The number of hydrogen-bond acceptors (Lipinski definition) is 3. The zero-order valence-corrected chi connectivity index (χ0v) is 10.5. The largest absolute Gasteiger partial charge is 0.466 e. The molecular formula is C14H17NO3. The van der Waals surface area contributed by atoms with Crippen molar-refractivity contribution >= 4 is 11.9 Å². The first-order valence-corrected chi connectivity index (χ1v) is 6.22. The van der Waals surface area contributed by atoms with E-state index in [1.807, 2.05) is 30.3 Å². The molecule has 18 heavy (non-hydrogen) atoms. The first-order chi connectivity index (χ1) is 8.72. The summed E-state index contributed by atoms with van der Waals surface area (Å²) in [6.07, 6.45) is 0.801. The Morgan fingerprint density at radius 1 is 1.39 bits per heavy atom. The zero-order chi connectivity index (χ0) is 13.0. The third kappa shape index (κ3) is 2.70. The normalized spacial score (nSPS) is 16.1. The molecule has 0 aliphatic carbocycles. The Morgan fingerprint density at radius 2 is 2.11 bits per heavy atom. The van der Waals surface area contributed by atoms with Crippen molar-refractivity contribution < 1.29 is 14.3 Å². The smallest absolute Gasteiger partial charge is 0.308 e. The number of amides is 1. The van der Waals surface area contributed by atoms with E-state index in [0.717, 1.165) is 12.1 Å². The monoisotopic (exact) mass is 247 g/mol. The lowest BCUT2D eigenvalue weighted by atomic mass is 9.98. The lowest BCUT2D eigenvalue weighted by Crippen LogP contribution is -2.46. The first-order valence-electron chi connectivity index (χ1n) is 6.22. The van der Waals surface area contributed by atoms with E-state index in [9.17, 15) is 9.59 Å². The molecule has 1 amide bonds. The molecule has 0 unspecified atom stereocenters. The summed E-state index contributed by atoms with van der Waals surface area (Å²) in [5.74, 6) is -0.154. The van der Waals surface area contributed by atoms with Crippen LogP contribution in [0.25, 0.3) is 0 Å². The van der Waals surface area contributed by atoms with Gasteiger partial charge in [0.05, 0.1) is 19.1 Å². The maximum atomic E-state index is 11.6. The number of carbonyl (C=O) groups is 2. The van der Waals surface area contributed by atoms with Gasteiger partial charge in [0.25, 0.3) is 0 Å². The number of carbonyl (C=O) groups excluding carboxylic acids is 2. The van der Waals surface area contributed by atoms with Gasteiger partial charge in [0.15, 0.2) is 0 Å². The zero-order valence-electron chi connectivity index (χ0n) is 10.5. The molecule has 1 heterocycles. The Labute approximate surface area is 107 Å². The highest BCUT2D eigenvalue weighted by Gasteiger charge is 2.33. The Kier molecular flexibility index (Phi) is 3.97. The third-order valence-corrected chi connectivity index (χ3v) is 3.11. The minimum Gasteiger partial charge on any atom is -0.466 e. The summed E-state index contributed by atoms with van der Waals surface area (Å²) in [4.78, 5) is 24.9. The van der Waals surface area contributed by atoms with E-state index in [-0.39, 0.29) is 24.3 Å². The summed E-state index contributed by atoms with van der Waals surface area (Å²) in [7, 11) is 0. The number of nitrogens with zero attached hydrogens (tertiary/aromatic N) is 1. The van der Waals surface area contributed by atoms with Gasteiger partial charge in [0.1, 0.15) is 0 Å². The fraction of sp³-hybridized carbons (Fsp3) is 0.429. The van der Waals surface area contributed by atoms with Gasteiger partial charge < -0.3 is 9.64 Å². The number of ether oxygens (including phenoxy) is 1. The van der Waals surface area contributed by atoms with E-state index >= 15 is 0 Å². The Bertz CT molecular complexity index is 430. The number of hydrogen-bond donors (Lipinski definition) is 0. The standard InChI is InChI=1S/C14H17NO3/c1-2-18-14(17)10-12(15-9-8-13(15)16)11-6-4-3-5-7-11/h3-7,12H,2,8-10H2,1H3/t12-/m1/s1. The molecule has 1 aromatic rings. The van der Waals surface area contributed by atoms with Crippen LogP contribution in [0.15, 0.2) is 30.3 Å². The van der Waals surface area contributed by atoms with Gasteiger partial charge in [-0.15, -0.1) is 0 Å². The quantitative estimate of drug-likeness (QED) is 0.590.